The molecule has 0 heterocycles. The summed E-state index contributed by atoms with van der Waals surface area (Å²) in [7, 11) is 0. The summed E-state index contributed by atoms with van der Waals surface area (Å²) >= 11 is 0. The minimum absolute atomic E-state index is 0.0447. The second-order valence-electron chi connectivity index (χ2n) is 3.87. The average molecular weight is 283 g/mol. The maximum absolute atomic E-state index is 11.6. The van der Waals surface area contributed by atoms with E-state index in [-0.39, 0.29) is 17.8 Å². The van der Waals surface area contributed by atoms with Crippen LogP contribution >= 0.6 is 0 Å². The van der Waals surface area contributed by atoms with Gasteiger partial charge in [0.25, 0.3) is 11.6 Å². The molecule has 0 spiro atoms. The van der Waals surface area contributed by atoms with E-state index in [1.165, 1.54) is 30.4 Å². The molecule has 6 nitrogen and oxygen atoms in total. The van der Waals surface area contributed by atoms with E-state index in [9.17, 15) is 14.9 Å². The number of nitrogens with one attached hydrogen (secondary N) is 1. The first-order valence-electron chi connectivity index (χ1n) is 6.01. The monoisotopic (exact) mass is 283 g/mol. The smallest absolute Gasteiger partial charge is 0.276 e. The zero-order valence-electron chi connectivity index (χ0n) is 11.2. The Bertz CT molecular complexity index is 654. The third-order valence-electron chi connectivity index (χ3n) is 2.44. The number of allylic oxidation sites excluding steroid dienone is 2. The minimum Gasteiger partial charge on any atom is -0.348 e. The van der Waals surface area contributed by atoms with Crippen molar-refractivity contribution in [2.45, 2.75) is 0 Å². The van der Waals surface area contributed by atoms with E-state index in [0.29, 0.717) is 5.56 Å². The van der Waals surface area contributed by atoms with Crippen molar-refractivity contribution in [3.8, 4) is 6.07 Å². The maximum Gasteiger partial charge on any atom is 0.276 e. The Labute approximate surface area is 121 Å². The summed E-state index contributed by atoms with van der Waals surface area (Å²) < 4.78 is 0. The number of benzene rings is 1. The molecule has 6 heteroatoms. The summed E-state index contributed by atoms with van der Waals surface area (Å²) in [4.78, 5) is 21.9. The first-order chi connectivity index (χ1) is 10.1. The number of nitrogens with zero attached hydrogens (tertiary/aromatic N) is 2. The number of rotatable bonds is 6. The molecule has 0 radical (unpaired) electrons. The summed E-state index contributed by atoms with van der Waals surface area (Å²) in [6.07, 6.45) is 5.69. The predicted octanol–water partition coefficient (Wildman–Crippen LogP) is 2.36. The van der Waals surface area contributed by atoms with Crippen molar-refractivity contribution in [3.05, 3.63) is 70.3 Å². The van der Waals surface area contributed by atoms with Crippen molar-refractivity contribution in [1.29, 1.82) is 5.26 Å². The lowest BCUT2D eigenvalue weighted by atomic mass is 10.1. The van der Waals surface area contributed by atoms with Gasteiger partial charge in [0, 0.05) is 12.6 Å². The number of nitro groups is 1. The second-order valence-corrected chi connectivity index (χ2v) is 3.87. The fourth-order valence-corrected chi connectivity index (χ4v) is 1.47. The first-order valence-corrected chi connectivity index (χ1v) is 6.01. The van der Waals surface area contributed by atoms with Crippen LogP contribution in [0.25, 0.3) is 6.08 Å². The Morgan fingerprint density at radius 1 is 1.48 bits per heavy atom. The van der Waals surface area contributed by atoms with Crippen molar-refractivity contribution >= 4 is 17.7 Å². The van der Waals surface area contributed by atoms with Gasteiger partial charge in [-0.05, 0) is 18.2 Å². The highest BCUT2D eigenvalue weighted by molar-refractivity contribution is 5.97. The molecule has 1 aromatic carbocycles. The van der Waals surface area contributed by atoms with Gasteiger partial charge in [-0.3, -0.25) is 14.9 Å². The van der Waals surface area contributed by atoms with Crippen molar-refractivity contribution in [3.63, 3.8) is 0 Å². The molecule has 1 aromatic rings. The Hall–Kier alpha value is -3.20. The summed E-state index contributed by atoms with van der Waals surface area (Å²) in [6.45, 7) is 3.71. The summed E-state index contributed by atoms with van der Waals surface area (Å²) in [6, 6.07) is 7.95. The third-order valence-corrected chi connectivity index (χ3v) is 2.44. The van der Waals surface area contributed by atoms with Crippen LogP contribution in [-0.4, -0.2) is 17.4 Å². The molecule has 1 rings (SSSR count). The van der Waals surface area contributed by atoms with Crippen molar-refractivity contribution in [2.75, 3.05) is 6.54 Å². The first kappa shape index (κ1) is 15.9. The van der Waals surface area contributed by atoms with Crippen LogP contribution in [0.3, 0.4) is 0 Å². The zero-order valence-corrected chi connectivity index (χ0v) is 11.2. The van der Waals surface area contributed by atoms with Gasteiger partial charge in [0.05, 0.1) is 10.5 Å². The van der Waals surface area contributed by atoms with Gasteiger partial charge in [0.1, 0.15) is 11.6 Å². The van der Waals surface area contributed by atoms with Gasteiger partial charge in [-0.25, -0.2) is 0 Å². The molecule has 0 saturated heterocycles. The molecule has 0 fully saturated rings. The van der Waals surface area contributed by atoms with E-state index < -0.39 is 10.8 Å². The number of hydrogen-bond acceptors (Lipinski definition) is 4. The van der Waals surface area contributed by atoms with Gasteiger partial charge >= 0.3 is 0 Å². The number of hydrogen-bond donors (Lipinski definition) is 1. The van der Waals surface area contributed by atoms with Crippen LogP contribution in [0, 0.1) is 21.4 Å². The number of para-hydroxylation sites is 1. The van der Waals surface area contributed by atoms with Crippen molar-refractivity contribution < 1.29 is 9.72 Å². The number of amides is 1. The standard InChI is InChI=1S/C15H13N3O3/c1-2-10-17-15(19)13(11-16)8-5-7-12-6-3-4-9-14(12)18(20)21/h2-9H,1,10H2,(H,17,19)/b7-5+,13-8+. The average Bonchev–Trinajstić information content (AvgIpc) is 2.49. The molecule has 0 bridgehead atoms. The number of nitro benzene ring substituents is 1. The summed E-state index contributed by atoms with van der Waals surface area (Å²) in [5, 5.41) is 22.2. The Kier molecular flexibility index (Phi) is 6.09. The lowest BCUT2D eigenvalue weighted by Gasteiger charge is -1.98. The van der Waals surface area contributed by atoms with E-state index in [4.69, 9.17) is 5.26 Å². The largest absolute Gasteiger partial charge is 0.348 e. The Balaban J connectivity index is 2.92. The van der Waals surface area contributed by atoms with Gasteiger partial charge in [-0.2, -0.15) is 5.26 Å². The maximum atomic E-state index is 11.6. The molecule has 21 heavy (non-hydrogen) atoms. The van der Waals surface area contributed by atoms with Crippen LogP contribution in [0.15, 0.2) is 54.6 Å². The molecule has 0 aliphatic carbocycles. The topological polar surface area (TPSA) is 96.0 Å². The number of carbonyl (C=O) groups is 1. The molecule has 0 aliphatic heterocycles. The van der Waals surface area contributed by atoms with Crippen LogP contribution in [0.2, 0.25) is 0 Å². The van der Waals surface area contributed by atoms with Crippen LogP contribution < -0.4 is 5.32 Å². The lowest BCUT2D eigenvalue weighted by molar-refractivity contribution is -0.385. The Morgan fingerprint density at radius 2 is 2.19 bits per heavy atom. The third kappa shape index (κ3) is 4.76. The van der Waals surface area contributed by atoms with Gasteiger partial charge in [0.15, 0.2) is 0 Å². The highest BCUT2D eigenvalue weighted by atomic mass is 16.6. The van der Waals surface area contributed by atoms with Crippen LogP contribution in [0.4, 0.5) is 5.69 Å². The van der Waals surface area contributed by atoms with Gasteiger partial charge in [0.2, 0.25) is 0 Å². The van der Waals surface area contributed by atoms with E-state index in [1.807, 2.05) is 0 Å². The second kappa shape index (κ2) is 8.07. The molecular formula is C15H13N3O3. The molecule has 1 N–H and O–H groups in total. The zero-order chi connectivity index (χ0) is 15.7. The minimum atomic E-state index is -0.524. The molecule has 0 unspecified atom stereocenters. The van der Waals surface area contributed by atoms with Crippen LogP contribution in [-0.2, 0) is 4.79 Å². The fraction of sp³-hybridized carbons (Fsp3) is 0.0667. The molecular weight excluding hydrogens is 270 g/mol. The predicted molar refractivity (Wildman–Crippen MR) is 79.0 cm³/mol. The van der Waals surface area contributed by atoms with Crippen LogP contribution in [0.5, 0.6) is 0 Å². The molecule has 0 saturated carbocycles. The molecule has 1 amide bonds. The van der Waals surface area contributed by atoms with Crippen LogP contribution in [0.1, 0.15) is 5.56 Å². The lowest BCUT2D eigenvalue weighted by Crippen LogP contribution is -2.24. The molecule has 106 valence electrons. The van der Waals surface area contributed by atoms with Gasteiger partial charge in [-0.1, -0.05) is 24.3 Å². The fourth-order valence-electron chi connectivity index (χ4n) is 1.47. The molecule has 0 aliphatic rings. The quantitative estimate of drug-likeness (QED) is 0.216. The van der Waals surface area contributed by atoms with Crippen molar-refractivity contribution in [1.82, 2.24) is 5.32 Å². The normalized spacial score (nSPS) is 10.9. The number of carbonyl (C=O) groups excluding carboxylic acids is 1. The summed E-state index contributed by atoms with van der Waals surface area (Å²) in [5.74, 6) is -0.524. The highest BCUT2D eigenvalue weighted by Gasteiger charge is 2.09. The summed E-state index contributed by atoms with van der Waals surface area (Å²) in [5.41, 5.74) is 0.256. The Morgan fingerprint density at radius 3 is 2.81 bits per heavy atom. The van der Waals surface area contributed by atoms with E-state index in [0.717, 1.165) is 0 Å². The van der Waals surface area contributed by atoms with E-state index >= 15 is 0 Å². The molecule has 0 atom stereocenters. The van der Waals surface area contributed by atoms with E-state index in [2.05, 4.69) is 11.9 Å². The van der Waals surface area contributed by atoms with E-state index in [1.54, 1.807) is 24.3 Å². The van der Waals surface area contributed by atoms with Gasteiger partial charge < -0.3 is 5.32 Å². The number of nitriles is 1. The SMILES string of the molecule is C=CCNC(=O)/C(C#N)=C/C=C/c1ccccc1[N+](=O)[O-]. The van der Waals surface area contributed by atoms with Gasteiger partial charge in [-0.15, -0.1) is 6.58 Å². The van der Waals surface area contributed by atoms with Crippen molar-refractivity contribution in [2.24, 2.45) is 0 Å². The highest BCUT2D eigenvalue weighted by Crippen LogP contribution is 2.18. The molecule has 0 aromatic heterocycles.